The molecule has 0 radical (unpaired) electrons. The zero-order valence-corrected chi connectivity index (χ0v) is 11.3. The van der Waals surface area contributed by atoms with Crippen LogP contribution in [0.3, 0.4) is 0 Å². The summed E-state index contributed by atoms with van der Waals surface area (Å²) in [5.74, 6) is 0. The second kappa shape index (κ2) is 7.07. The molecule has 0 heterocycles. The molecule has 0 spiro atoms. The van der Waals surface area contributed by atoms with E-state index in [4.69, 9.17) is 4.74 Å². The minimum absolute atomic E-state index is 0.403. The van der Waals surface area contributed by atoms with E-state index in [1.165, 1.54) is 11.1 Å². The van der Waals surface area contributed by atoms with Gasteiger partial charge in [-0.15, -0.1) is 0 Å². The lowest BCUT2D eigenvalue weighted by Crippen LogP contribution is -1.99. The Labute approximate surface area is 114 Å². The van der Waals surface area contributed by atoms with E-state index in [1.54, 1.807) is 7.11 Å². The predicted octanol–water partition coefficient (Wildman–Crippen LogP) is 3.81. The van der Waals surface area contributed by atoms with Gasteiger partial charge in [0.2, 0.25) is 0 Å². The van der Waals surface area contributed by atoms with Crippen molar-refractivity contribution >= 4 is 0 Å². The van der Waals surface area contributed by atoms with E-state index in [1.807, 2.05) is 30.3 Å². The van der Waals surface area contributed by atoms with Gasteiger partial charge in [-0.3, -0.25) is 0 Å². The van der Waals surface area contributed by atoms with Crippen LogP contribution in [-0.4, -0.2) is 18.8 Å². The highest BCUT2D eigenvalue weighted by atomic mass is 16.5. The fraction of sp³-hybridized carbons (Fsp3) is 0.294. The summed E-state index contributed by atoms with van der Waals surface area (Å²) in [7, 11) is 1.68. The molecule has 1 unspecified atom stereocenters. The Bertz CT molecular complexity index is 476. The zero-order valence-electron chi connectivity index (χ0n) is 11.3. The fourth-order valence-corrected chi connectivity index (χ4v) is 2.12. The molecule has 19 heavy (non-hydrogen) atoms. The third-order valence-electron chi connectivity index (χ3n) is 3.23. The first-order valence-electron chi connectivity index (χ1n) is 6.63. The van der Waals surface area contributed by atoms with Crippen molar-refractivity contribution in [1.82, 2.24) is 0 Å². The van der Waals surface area contributed by atoms with Crippen molar-refractivity contribution in [3.05, 3.63) is 60.2 Å². The van der Waals surface area contributed by atoms with E-state index in [0.717, 1.165) is 18.4 Å². The molecule has 1 N–H and O–H groups in total. The van der Waals surface area contributed by atoms with Gasteiger partial charge in [0, 0.05) is 13.7 Å². The minimum atomic E-state index is -0.403. The maximum atomic E-state index is 10.1. The van der Waals surface area contributed by atoms with Crippen molar-refractivity contribution in [1.29, 1.82) is 0 Å². The Morgan fingerprint density at radius 1 is 0.947 bits per heavy atom. The molecule has 2 nitrogen and oxygen atoms in total. The predicted molar refractivity (Wildman–Crippen MR) is 77.9 cm³/mol. The van der Waals surface area contributed by atoms with Crippen LogP contribution in [0.2, 0.25) is 0 Å². The van der Waals surface area contributed by atoms with Crippen LogP contribution < -0.4 is 0 Å². The van der Waals surface area contributed by atoms with E-state index < -0.39 is 6.10 Å². The van der Waals surface area contributed by atoms with E-state index in [2.05, 4.69) is 24.3 Å². The largest absolute Gasteiger partial charge is 0.388 e. The molecule has 2 heteroatoms. The average molecular weight is 256 g/mol. The average Bonchev–Trinajstić information content (AvgIpc) is 2.48. The molecule has 0 aliphatic carbocycles. The number of benzene rings is 2. The number of aliphatic hydroxyl groups excluding tert-OH is 1. The van der Waals surface area contributed by atoms with Crippen LogP contribution in [-0.2, 0) is 4.74 Å². The molecule has 0 aliphatic heterocycles. The van der Waals surface area contributed by atoms with Crippen molar-refractivity contribution in [3.63, 3.8) is 0 Å². The van der Waals surface area contributed by atoms with Crippen molar-refractivity contribution in [2.45, 2.75) is 18.9 Å². The van der Waals surface area contributed by atoms with Crippen LogP contribution in [0.4, 0.5) is 0 Å². The number of ether oxygens (including phenoxy) is 1. The second-order valence-electron chi connectivity index (χ2n) is 4.64. The molecule has 0 amide bonds. The highest BCUT2D eigenvalue weighted by Crippen LogP contribution is 2.23. The van der Waals surface area contributed by atoms with Crippen molar-refractivity contribution < 1.29 is 9.84 Å². The lowest BCUT2D eigenvalue weighted by Gasteiger charge is -2.11. The lowest BCUT2D eigenvalue weighted by atomic mass is 10.00. The van der Waals surface area contributed by atoms with Gasteiger partial charge in [0.25, 0.3) is 0 Å². The highest BCUT2D eigenvalue weighted by molar-refractivity contribution is 5.63. The third-order valence-corrected chi connectivity index (χ3v) is 3.23. The summed E-state index contributed by atoms with van der Waals surface area (Å²) in [5.41, 5.74) is 3.34. The summed E-state index contributed by atoms with van der Waals surface area (Å²) in [6, 6.07) is 18.4. The van der Waals surface area contributed by atoms with E-state index in [0.29, 0.717) is 6.61 Å². The molecular weight excluding hydrogens is 236 g/mol. The van der Waals surface area contributed by atoms with Crippen LogP contribution in [0.1, 0.15) is 24.5 Å². The summed E-state index contributed by atoms with van der Waals surface area (Å²) in [4.78, 5) is 0. The van der Waals surface area contributed by atoms with Crippen molar-refractivity contribution in [3.8, 4) is 11.1 Å². The van der Waals surface area contributed by atoms with Gasteiger partial charge in [0.05, 0.1) is 6.10 Å². The zero-order chi connectivity index (χ0) is 13.5. The number of rotatable bonds is 6. The molecule has 100 valence electrons. The third kappa shape index (κ3) is 3.91. The van der Waals surface area contributed by atoms with Crippen LogP contribution >= 0.6 is 0 Å². The maximum Gasteiger partial charge on any atom is 0.0790 e. The molecule has 0 saturated carbocycles. The van der Waals surface area contributed by atoms with E-state index in [9.17, 15) is 5.11 Å². The maximum absolute atomic E-state index is 10.1. The molecule has 2 aromatic carbocycles. The van der Waals surface area contributed by atoms with Crippen molar-refractivity contribution in [2.75, 3.05) is 13.7 Å². The van der Waals surface area contributed by atoms with Gasteiger partial charge in [-0.25, -0.2) is 0 Å². The molecule has 2 aromatic rings. The standard InChI is InChI=1S/C17H20O2/c1-19-13-5-8-17(18)16-11-9-15(10-12-16)14-6-3-2-4-7-14/h2-4,6-7,9-12,17-18H,5,8,13H2,1H3. The molecule has 2 rings (SSSR count). The molecule has 0 saturated heterocycles. The van der Waals surface area contributed by atoms with Gasteiger partial charge < -0.3 is 9.84 Å². The number of hydrogen-bond acceptors (Lipinski definition) is 2. The van der Waals surface area contributed by atoms with Crippen molar-refractivity contribution in [2.24, 2.45) is 0 Å². The summed E-state index contributed by atoms with van der Waals surface area (Å²) < 4.78 is 4.99. The Balaban J connectivity index is 2.02. The number of methoxy groups -OCH3 is 1. The number of aliphatic hydroxyl groups is 1. The summed E-state index contributed by atoms with van der Waals surface area (Å²) in [5, 5.41) is 10.1. The van der Waals surface area contributed by atoms with Crippen LogP contribution in [0.25, 0.3) is 11.1 Å². The van der Waals surface area contributed by atoms with Gasteiger partial charge in [-0.2, -0.15) is 0 Å². The Hall–Kier alpha value is -1.64. The summed E-state index contributed by atoms with van der Waals surface area (Å²) in [6.07, 6.45) is 1.20. The monoisotopic (exact) mass is 256 g/mol. The molecule has 0 bridgehead atoms. The van der Waals surface area contributed by atoms with Crippen LogP contribution in [0, 0.1) is 0 Å². The van der Waals surface area contributed by atoms with E-state index in [-0.39, 0.29) is 0 Å². The van der Waals surface area contributed by atoms with Gasteiger partial charge in [-0.1, -0.05) is 54.6 Å². The van der Waals surface area contributed by atoms with Crippen LogP contribution in [0.15, 0.2) is 54.6 Å². The fourth-order valence-electron chi connectivity index (χ4n) is 2.12. The minimum Gasteiger partial charge on any atom is -0.388 e. The first-order valence-corrected chi connectivity index (χ1v) is 6.63. The van der Waals surface area contributed by atoms with Gasteiger partial charge in [0.15, 0.2) is 0 Å². The normalized spacial score (nSPS) is 12.3. The smallest absolute Gasteiger partial charge is 0.0790 e. The lowest BCUT2D eigenvalue weighted by molar-refractivity contribution is 0.136. The first-order chi connectivity index (χ1) is 9.31. The van der Waals surface area contributed by atoms with Crippen LogP contribution in [0.5, 0.6) is 0 Å². The topological polar surface area (TPSA) is 29.5 Å². The van der Waals surface area contributed by atoms with Gasteiger partial charge in [0.1, 0.15) is 0 Å². The Morgan fingerprint density at radius 3 is 2.21 bits per heavy atom. The van der Waals surface area contributed by atoms with E-state index >= 15 is 0 Å². The molecular formula is C17H20O2. The first kappa shape index (κ1) is 13.8. The number of hydrogen-bond donors (Lipinski definition) is 1. The Morgan fingerprint density at radius 2 is 1.58 bits per heavy atom. The molecule has 1 atom stereocenters. The van der Waals surface area contributed by atoms with Gasteiger partial charge >= 0.3 is 0 Å². The SMILES string of the molecule is COCCCC(O)c1ccc(-c2ccccc2)cc1. The molecule has 0 aromatic heterocycles. The quantitative estimate of drug-likeness (QED) is 0.796. The summed E-state index contributed by atoms with van der Waals surface area (Å²) >= 11 is 0. The highest BCUT2D eigenvalue weighted by Gasteiger charge is 2.07. The molecule has 0 fully saturated rings. The second-order valence-corrected chi connectivity index (χ2v) is 4.64. The molecule has 0 aliphatic rings. The Kier molecular flexibility index (Phi) is 5.13. The van der Waals surface area contributed by atoms with Gasteiger partial charge in [-0.05, 0) is 29.5 Å². The summed E-state index contributed by atoms with van der Waals surface area (Å²) in [6.45, 7) is 0.694.